The Morgan fingerprint density at radius 2 is 1.81 bits per heavy atom. The van der Waals surface area contributed by atoms with E-state index in [0.717, 1.165) is 6.26 Å². The van der Waals surface area contributed by atoms with E-state index in [0.29, 0.717) is 12.8 Å². The number of carbonyl (C=O) groups excluding carboxylic acids is 1. The molecule has 5 nitrogen and oxygen atoms in total. The van der Waals surface area contributed by atoms with Crippen molar-refractivity contribution in [3.05, 3.63) is 0 Å². The van der Waals surface area contributed by atoms with E-state index in [1.165, 1.54) is 0 Å². The van der Waals surface area contributed by atoms with E-state index in [-0.39, 0.29) is 24.6 Å². The van der Waals surface area contributed by atoms with Crippen LogP contribution in [0.2, 0.25) is 0 Å². The van der Waals surface area contributed by atoms with Gasteiger partial charge in [0, 0.05) is 19.2 Å². The second kappa shape index (κ2) is 6.20. The Balaban J connectivity index is 3.99. The maximum atomic E-state index is 11.3. The molecule has 0 fully saturated rings. The fourth-order valence-corrected chi connectivity index (χ4v) is 1.69. The van der Waals surface area contributed by atoms with Crippen molar-refractivity contribution in [3.8, 4) is 0 Å². The minimum Gasteiger partial charge on any atom is -0.388 e. The summed E-state index contributed by atoms with van der Waals surface area (Å²) in [6, 6.07) is 0. The Morgan fingerprint density at radius 3 is 2.19 bits per heavy atom. The second-order valence-corrected chi connectivity index (χ2v) is 6.35. The van der Waals surface area contributed by atoms with Crippen molar-refractivity contribution >= 4 is 15.7 Å². The molecule has 0 aliphatic carbocycles. The maximum absolute atomic E-state index is 11.3. The van der Waals surface area contributed by atoms with Crippen molar-refractivity contribution in [2.75, 3.05) is 18.6 Å². The lowest BCUT2D eigenvalue weighted by Gasteiger charge is -2.25. The highest BCUT2D eigenvalue weighted by Crippen LogP contribution is 2.12. The molecule has 0 aliphatic heterocycles. The number of carbonyl (C=O) groups is 1. The summed E-state index contributed by atoms with van der Waals surface area (Å²) in [6.45, 7) is 3.85. The smallest absolute Gasteiger partial charge is 0.221 e. The monoisotopic (exact) mass is 251 g/mol. The first-order valence-electron chi connectivity index (χ1n) is 5.39. The minimum absolute atomic E-state index is 0.0532. The van der Waals surface area contributed by atoms with Crippen LogP contribution in [0, 0.1) is 0 Å². The summed E-state index contributed by atoms with van der Waals surface area (Å²) in [5.41, 5.74) is -0.888. The fourth-order valence-electron chi connectivity index (χ4n) is 1.13. The van der Waals surface area contributed by atoms with Crippen LogP contribution in [0.15, 0.2) is 0 Å². The number of hydrogen-bond acceptors (Lipinski definition) is 4. The molecule has 0 saturated heterocycles. The Kier molecular flexibility index (Phi) is 5.96. The lowest BCUT2D eigenvalue weighted by molar-refractivity contribution is -0.122. The highest BCUT2D eigenvalue weighted by Gasteiger charge is 2.22. The van der Waals surface area contributed by atoms with E-state index in [4.69, 9.17) is 0 Å². The van der Waals surface area contributed by atoms with Gasteiger partial charge in [-0.05, 0) is 12.8 Å². The molecule has 6 heteroatoms. The molecular weight excluding hydrogens is 230 g/mol. The minimum atomic E-state index is -3.11. The summed E-state index contributed by atoms with van der Waals surface area (Å²) in [5.74, 6) is -0.499. The first kappa shape index (κ1) is 15.4. The van der Waals surface area contributed by atoms with E-state index in [1.807, 2.05) is 13.8 Å². The summed E-state index contributed by atoms with van der Waals surface area (Å²) < 4.78 is 21.6. The fraction of sp³-hybridized carbons (Fsp3) is 0.900. The molecule has 0 heterocycles. The molecule has 1 amide bonds. The zero-order valence-electron chi connectivity index (χ0n) is 10.1. The molecule has 0 bridgehead atoms. The number of amides is 1. The summed E-state index contributed by atoms with van der Waals surface area (Å²) in [5, 5.41) is 12.4. The van der Waals surface area contributed by atoms with Gasteiger partial charge in [-0.15, -0.1) is 0 Å². The number of rotatable bonds is 7. The number of hydrogen-bond donors (Lipinski definition) is 2. The van der Waals surface area contributed by atoms with Crippen LogP contribution in [0.1, 0.15) is 33.1 Å². The Labute approximate surface area is 97.2 Å². The van der Waals surface area contributed by atoms with Crippen LogP contribution in [0.25, 0.3) is 0 Å². The van der Waals surface area contributed by atoms with Gasteiger partial charge >= 0.3 is 0 Å². The predicted octanol–water partition coefficient (Wildman–Crippen LogP) is 0.0884. The van der Waals surface area contributed by atoms with Crippen LogP contribution in [-0.2, 0) is 14.6 Å². The van der Waals surface area contributed by atoms with Gasteiger partial charge in [0.2, 0.25) is 5.91 Å². The quantitative estimate of drug-likeness (QED) is 0.671. The molecule has 0 unspecified atom stereocenters. The van der Waals surface area contributed by atoms with E-state index in [1.54, 1.807) is 0 Å². The zero-order valence-corrected chi connectivity index (χ0v) is 10.9. The average Bonchev–Trinajstić information content (AvgIpc) is 2.22. The van der Waals surface area contributed by atoms with Crippen LogP contribution < -0.4 is 5.32 Å². The number of nitrogens with one attached hydrogen (secondary N) is 1. The van der Waals surface area contributed by atoms with Crippen LogP contribution in [0.4, 0.5) is 0 Å². The average molecular weight is 251 g/mol. The normalized spacial score (nSPS) is 12.5. The number of aliphatic hydroxyl groups is 1. The number of sulfone groups is 1. The van der Waals surface area contributed by atoms with Gasteiger partial charge in [-0.1, -0.05) is 13.8 Å². The molecule has 0 aromatic rings. The lowest BCUT2D eigenvalue weighted by Crippen LogP contribution is -2.42. The third-order valence-electron chi connectivity index (χ3n) is 2.63. The van der Waals surface area contributed by atoms with Crippen molar-refractivity contribution < 1.29 is 18.3 Å². The van der Waals surface area contributed by atoms with Crippen molar-refractivity contribution in [1.82, 2.24) is 5.32 Å². The topological polar surface area (TPSA) is 83.5 Å². The molecule has 96 valence electrons. The standard InChI is InChI=1S/C10H21NO4S/c1-4-10(13,5-2)8-11-9(12)6-7-16(3,14)15/h13H,4-8H2,1-3H3,(H,11,12). The van der Waals surface area contributed by atoms with Gasteiger partial charge in [0.15, 0.2) is 0 Å². The molecule has 0 aromatic carbocycles. The van der Waals surface area contributed by atoms with Gasteiger partial charge in [0.05, 0.1) is 11.4 Å². The van der Waals surface area contributed by atoms with Gasteiger partial charge in [-0.2, -0.15) is 0 Å². The first-order valence-corrected chi connectivity index (χ1v) is 7.45. The van der Waals surface area contributed by atoms with Crippen molar-refractivity contribution in [1.29, 1.82) is 0 Å². The Morgan fingerprint density at radius 1 is 1.31 bits per heavy atom. The van der Waals surface area contributed by atoms with Crippen LogP contribution >= 0.6 is 0 Å². The summed E-state index contributed by atoms with van der Waals surface area (Å²) in [6.07, 6.45) is 2.14. The van der Waals surface area contributed by atoms with Crippen molar-refractivity contribution in [2.24, 2.45) is 0 Å². The van der Waals surface area contributed by atoms with Gasteiger partial charge < -0.3 is 10.4 Å². The predicted molar refractivity (Wildman–Crippen MR) is 62.9 cm³/mol. The molecule has 0 aromatic heterocycles. The van der Waals surface area contributed by atoms with Crippen LogP contribution in [-0.4, -0.2) is 43.6 Å². The third kappa shape index (κ3) is 6.79. The first-order chi connectivity index (χ1) is 7.22. The highest BCUT2D eigenvalue weighted by atomic mass is 32.2. The lowest BCUT2D eigenvalue weighted by atomic mass is 9.97. The third-order valence-corrected chi connectivity index (χ3v) is 3.58. The van der Waals surface area contributed by atoms with Crippen molar-refractivity contribution in [3.63, 3.8) is 0 Å². The molecular formula is C10H21NO4S. The van der Waals surface area contributed by atoms with Gasteiger partial charge in [0.1, 0.15) is 9.84 Å². The van der Waals surface area contributed by atoms with E-state index in [9.17, 15) is 18.3 Å². The molecule has 2 N–H and O–H groups in total. The summed E-state index contributed by atoms with van der Waals surface area (Å²) >= 11 is 0. The van der Waals surface area contributed by atoms with E-state index < -0.39 is 15.4 Å². The molecule has 0 rings (SSSR count). The molecule has 0 atom stereocenters. The largest absolute Gasteiger partial charge is 0.388 e. The van der Waals surface area contributed by atoms with Crippen molar-refractivity contribution in [2.45, 2.75) is 38.7 Å². The molecule has 0 spiro atoms. The van der Waals surface area contributed by atoms with Gasteiger partial charge in [0.25, 0.3) is 0 Å². The second-order valence-electron chi connectivity index (χ2n) is 4.09. The molecule has 16 heavy (non-hydrogen) atoms. The molecule has 0 saturated carbocycles. The van der Waals surface area contributed by atoms with Crippen LogP contribution in [0.5, 0.6) is 0 Å². The van der Waals surface area contributed by atoms with Gasteiger partial charge in [-0.3, -0.25) is 4.79 Å². The Hall–Kier alpha value is -0.620. The van der Waals surface area contributed by atoms with E-state index >= 15 is 0 Å². The molecule has 0 aliphatic rings. The SMILES string of the molecule is CCC(O)(CC)CNC(=O)CCS(C)(=O)=O. The summed E-state index contributed by atoms with van der Waals surface area (Å²) in [7, 11) is -3.11. The van der Waals surface area contributed by atoms with Crippen LogP contribution in [0.3, 0.4) is 0 Å². The van der Waals surface area contributed by atoms with E-state index in [2.05, 4.69) is 5.32 Å². The van der Waals surface area contributed by atoms with Gasteiger partial charge in [-0.25, -0.2) is 8.42 Å². The highest BCUT2D eigenvalue weighted by molar-refractivity contribution is 7.90. The maximum Gasteiger partial charge on any atom is 0.221 e. The zero-order chi connectivity index (χ0) is 12.8. The Bertz CT molecular complexity index is 320. The summed E-state index contributed by atoms with van der Waals surface area (Å²) in [4.78, 5) is 11.3. The molecule has 0 radical (unpaired) electrons.